The zero-order valence-corrected chi connectivity index (χ0v) is 15.4. The van der Waals surface area contributed by atoms with Gasteiger partial charge in [-0.05, 0) is 12.1 Å². The summed E-state index contributed by atoms with van der Waals surface area (Å²) in [6, 6.07) is 10.8. The number of amides is 1. The Morgan fingerprint density at radius 2 is 1.70 bits per heavy atom. The molecule has 0 unspecified atom stereocenters. The first-order valence-electron chi connectivity index (χ1n) is 9.05. The first-order valence-corrected chi connectivity index (χ1v) is 9.05. The average Bonchev–Trinajstić information content (AvgIpc) is 3.08. The summed E-state index contributed by atoms with van der Waals surface area (Å²) in [7, 11) is 0. The van der Waals surface area contributed by atoms with Crippen molar-refractivity contribution < 1.29 is 27.5 Å². The Kier molecular flexibility index (Phi) is 4.92. The minimum Gasteiger partial charge on any atom is -0.465 e. The van der Waals surface area contributed by atoms with E-state index in [-0.39, 0.29) is 18.9 Å². The molecule has 2 aromatic carbocycles. The van der Waals surface area contributed by atoms with E-state index in [1.165, 1.54) is 12.1 Å². The highest BCUT2D eigenvalue weighted by molar-refractivity contribution is 6.00. The lowest BCUT2D eigenvalue weighted by molar-refractivity contribution is -0.137. The Labute approximate surface area is 168 Å². The molecule has 0 radical (unpaired) electrons. The van der Waals surface area contributed by atoms with Gasteiger partial charge in [-0.3, -0.25) is 0 Å². The lowest BCUT2D eigenvalue weighted by Gasteiger charge is -2.17. The summed E-state index contributed by atoms with van der Waals surface area (Å²) in [5.74, 6) is 0.279. The number of nitrogens with one attached hydrogen (secondary N) is 1. The topological polar surface area (TPSA) is 78.4 Å². The maximum atomic E-state index is 14.3. The molecule has 1 amide bonds. The van der Waals surface area contributed by atoms with Crippen molar-refractivity contribution in [3.8, 4) is 11.3 Å². The van der Waals surface area contributed by atoms with Crippen LogP contribution in [0.2, 0.25) is 0 Å². The van der Waals surface area contributed by atoms with Gasteiger partial charge in [-0.25, -0.2) is 9.18 Å². The van der Waals surface area contributed by atoms with Crippen LogP contribution in [-0.2, 0) is 6.18 Å². The number of hydrogen-bond acceptors (Lipinski definition) is 4. The molecule has 3 aromatic rings. The predicted octanol–water partition coefficient (Wildman–Crippen LogP) is 4.43. The molecule has 0 spiro atoms. The second kappa shape index (κ2) is 7.43. The number of aromatic nitrogens is 2. The van der Waals surface area contributed by atoms with Gasteiger partial charge in [-0.1, -0.05) is 36.4 Å². The van der Waals surface area contributed by atoms with Crippen molar-refractivity contribution in [1.82, 2.24) is 15.1 Å². The summed E-state index contributed by atoms with van der Waals surface area (Å²) in [6.07, 6.45) is -7.04. The van der Waals surface area contributed by atoms with E-state index < -0.39 is 30.0 Å². The van der Waals surface area contributed by atoms with Crippen molar-refractivity contribution in [2.45, 2.75) is 18.4 Å². The van der Waals surface area contributed by atoms with Crippen LogP contribution in [0.3, 0.4) is 0 Å². The first-order chi connectivity index (χ1) is 14.2. The maximum absolute atomic E-state index is 14.3. The second-order valence-electron chi connectivity index (χ2n) is 6.97. The van der Waals surface area contributed by atoms with Gasteiger partial charge < -0.3 is 15.3 Å². The molecule has 4 rings (SSSR count). The number of likely N-dealkylation sites (tertiary alicyclic amines) is 1. The van der Waals surface area contributed by atoms with Crippen molar-refractivity contribution in [1.29, 1.82) is 0 Å². The molecule has 10 heteroatoms. The van der Waals surface area contributed by atoms with E-state index in [4.69, 9.17) is 5.11 Å². The molecule has 156 valence electrons. The number of carbonyl (C=O) groups is 1. The third-order valence-electron chi connectivity index (χ3n) is 5.01. The lowest BCUT2D eigenvalue weighted by atomic mass is 10.0. The molecule has 0 bridgehead atoms. The van der Waals surface area contributed by atoms with E-state index in [0.717, 1.165) is 17.0 Å². The van der Waals surface area contributed by atoms with Gasteiger partial charge in [0.25, 0.3) is 0 Å². The maximum Gasteiger partial charge on any atom is 0.416 e. The SMILES string of the molecule is O=C(O)N1C[C@@H](F)[C@H](Nc2nnc(-c3ccc(C(F)(F)F)cc3)c3ccccc23)C1. The fraction of sp³-hybridized carbons (Fsp3) is 0.250. The summed E-state index contributed by atoms with van der Waals surface area (Å²) in [6.45, 7) is -0.269. The van der Waals surface area contributed by atoms with Crippen LogP contribution in [-0.4, -0.2) is 51.6 Å². The number of anilines is 1. The molecular weight excluding hydrogens is 404 g/mol. The van der Waals surface area contributed by atoms with Crippen LogP contribution in [0, 0.1) is 0 Å². The Balaban J connectivity index is 1.68. The first kappa shape index (κ1) is 19.9. The Hall–Kier alpha value is -3.43. The van der Waals surface area contributed by atoms with E-state index in [2.05, 4.69) is 15.5 Å². The summed E-state index contributed by atoms with van der Waals surface area (Å²) >= 11 is 0. The zero-order chi connectivity index (χ0) is 21.5. The molecule has 1 aliphatic heterocycles. The van der Waals surface area contributed by atoms with Crippen LogP contribution in [0.25, 0.3) is 22.0 Å². The molecule has 1 aliphatic rings. The number of hydrogen-bond donors (Lipinski definition) is 2. The van der Waals surface area contributed by atoms with Crippen LogP contribution in [0.1, 0.15) is 5.56 Å². The van der Waals surface area contributed by atoms with Crippen molar-refractivity contribution in [2.75, 3.05) is 18.4 Å². The second-order valence-corrected chi connectivity index (χ2v) is 6.97. The normalized spacial score (nSPS) is 19.3. The molecular formula is C20H16F4N4O2. The van der Waals surface area contributed by atoms with Gasteiger partial charge in [-0.15, -0.1) is 10.2 Å². The van der Waals surface area contributed by atoms with Gasteiger partial charge in [0.2, 0.25) is 0 Å². The summed E-state index contributed by atoms with van der Waals surface area (Å²) in [5.41, 5.74) is 0.0831. The third kappa shape index (κ3) is 3.72. The van der Waals surface area contributed by atoms with E-state index in [1.54, 1.807) is 24.3 Å². The van der Waals surface area contributed by atoms with Gasteiger partial charge in [-0.2, -0.15) is 13.2 Å². The molecule has 1 saturated heterocycles. The minimum absolute atomic E-state index is 0.0346. The Morgan fingerprint density at radius 1 is 1.03 bits per heavy atom. The Bertz CT molecular complexity index is 1090. The molecule has 2 N–H and O–H groups in total. The Morgan fingerprint density at radius 3 is 2.30 bits per heavy atom. The van der Waals surface area contributed by atoms with Gasteiger partial charge in [0, 0.05) is 22.9 Å². The summed E-state index contributed by atoms with van der Waals surface area (Å²) in [5, 5.41) is 21.4. The van der Waals surface area contributed by atoms with Crippen LogP contribution in [0.5, 0.6) is 0 Å². The van der Waals surface area contributed by atoms with Crippen molar-refractivity contribution in [2.24, 2.45) is 0 Å². The highest BCUT2D eigenvalue weighted by Crippen LogP contribution is 2.34. The van der Waals surface area contributed by atoms with Gasteiger partial charge >= 0.3 is 12.3 Å². The predicted molar refractivity (Wildman–Crippen MR) is 102 cm³/mol. The van der Waals surface area contributed by atoms with Gasteiger partial charge in [0.05, 0.1) is 18.2 Å². The van der Waals surface area contributed by atoms with Crippen LogP contribution in [0.15, 0.2) is 48.5 Å². The fourth-order valence-corrected chi connectivity index (χ4v) is 3.47. The summed E-state index contributed by atoms with van der Waals surface area (Å²) in [4.78, 5) is 12.1. The van der Waals surface area contributed by atoms with Crippen LogP contribution < -0.4 is 5.32 Å². The number of benzene rings is 2. The molecule has 1 aromatic heterocycles. The number of nitrogens with zero attached hydrogens (tertiary/aromatic N) is 3. The number of alkyl halides is 4. The van der Waals surface area contributed by atoms with Crippen LogP contribution in [0.4, 0.5) is 28.2 Å². The van der Waals surface area contributed by atoms with Crippen LogP contribution >= 0.6 is 0 Å². The average molecular weight is 420 g/mol. The molecule has 0 saturated carbocycles. The molecule has 6 nitrogen and oxygen atoms in total. The van der Waals surface area contributed by atoms with E-state index in [9.17, 15) is 22.4 Å². The smallest absolute Gasteiger partial charge is 0.416 e. The summed E-state index contributed by atoms with van der Waals surface area (Å²) < 4.78 is 52.7. The standard InChI is InChI=1S/C20H16F4N4O2/c21-15-9-28(19(29)30)10-16(15)25-18-14-4-2-1-3-13(14)17(26-27-18)11-5-7-12(8-6-11)20(22,23)24/h1-8,15-16H,9-10H2,(H,25,27)(H,29,30)/t15-,16-/m1/s1. The van der Waals surface area contributed by atoms with Gasteiger partial charge in [0.15, 0.2) is 5.82 Å². The number of halogens is 4. The number of fused-ring (bicyclic) bond motifs is 1. The number of rotatable bonds is 3. The highest BCUT2D eigenvalue weighted by Gasteiger charge is 2.36. The largest absolute Gasteiger partial charge is 0.465 e. The zero-order valence-electron chi connectivity index (χ0n) is 15.4. The molecule has 2 heterocycles. The van der Waals surface area contributed by atoms with Crippen molar-refractivity contribution in [3.05, 3.63) is 54.1 Å². The monoisotopic (exact) mass is 420 g/mol. The van der Waals surface area contributed by atoms with E-state index >= 15 is 0 Å². The number of carboxylic acid groups (broad SMARTS) is 1. The highest BCUT2D eigenvalue weighted by atomic mass is 19.4. The molecule has 30 heavy (non-hydrogen) atoms. The molecule has 1 fully saturated rings. The van der Waals surface area contributed by atoms with Crippen molar-refractivity contribution in [3.63, 3.8) is 0 Å². The third-order valence-corrected chi connectivity index (χ3v) is 5.01. The quantitative estimate of drug-likeness (QED) is 0.613. The van der Waals surface area contributed by atoms with E-state index in [1.807, 2.05) is 0 Å². The fourth-order valence-electron chi connectivity index (χ4n) is 3.47. The van der Waals surface area contributed by atoms with Gasteiger partial charge in [0.1, 0.15) is 11.9 Å². The molecule has 2 atom stereocenters. The van der Waals surface area contributed by atoms with E-state index in [0.29, 0.717) is 22.0 Å². The molecule has 0 aliphatic carbocycles. The van der Waals surface area contributed by atoms with Crippen molar-refractivity contribution >= 4 is 22.7 Å². The minimum atomic E-state index is -4.44. The lowest BCUT2D eigenvalue weighted by Crippen LogP contribution is -2.31.